The Morgan fingerprint density at radius 1 is 1.18 bits per heavy atom. The summed E-state index contributed by atoms with van der Waals surface area (Å²) in [5.74, 6) is -0.322. The van der Waals surface area contributed by atoms with Crippen molar-refractivity contribution in [3.63, 3.8) is 0 Å². The zero-order chi connectivity index (χ0) is 7.84. The van der Waals surface area contributed by atoms with Gasteiger partial charge < -0.3 is 5.32 Å². The van der Waals surface area contributed by atoms with Crippen LogP contribution in [-0.4, -0.2) is 30.6 Å². The van der Waals surface area contributed by atoms with E-state index >= 15 is 0 Å². The molecular formula is C5H8N4O2. The summed E-state index contributed by atoms with van der Waals surface area (Å²) in [5, 5.41) is 5.42. The molecule has 0 bridgehead atoms. The highest BCUT2D eigenvalue weighted by atomic mass is 16.2. The van der Waals surface area contributed by atoms with Crippen molar-refractivity contribution in [2.24, 2.45) is 0 Å². The van der Waals surface area contributed by atoms with Gasteiger partial charge in [0, 0.05) is 0 Å². The summed E-state index contributed by atoms with van der Waals surface area (Å²) >= 11 is 0. The second-order valence-electron chi connectivity index (χ2n) is 2.51. The number of rotatable bonds is 0. The predicted molar refractivity (Wildman–Crippen MR) is 35.0 cm³/mol. The third-order valence-corrected chi connectivity index (χ3v) is 1.83. The molecule has 0 spiro atoms. The van der Waals surface area contributed by atoms with Gasteiger partial charge in [-0.3, -0.25) is 20.3 Å². The van der Waals surface area contributed by atoms with Gasteiger partial charge in [-0.1, -0.05) is 0 Å². The molecule has 0 aliphatic carbocycles. The van der Waals surface area contributed by atoms with Crippen molar-refractivity contribution in [2.45, 2.75) is 12.1 Å². The van der Waals surface area contributed by atoms with Gasteiger partial charge in [0.1, 0.15) is 12.1 Å². The van der Waals surface area contributed by atoms with Crippen LogP contribution in [0.2, 0.25) is 0 Å². The Balaban J connectivity index is 2.19. The van der Waals surface area contributed by atoms with Gasteiger partial charge in [0.05, 0.1) is 6.67 Å². The van der Waals surface area contributed by atoms with Crippen LogP contribution >= 0.6 is 0 Å². The maximum Gasteiger partial charge on any atom is 0.253 e. The Morgan fingerprint density at radius 2 is 2.00 bits per heavy atom. The molecule has 2 aliphatic rings. The molecule has 2 heterocycles. The van der Waals surface area contributed by atoms with E-state index in [9.17, 15) is 9.59 Å². The molecule has 2 atom stereocenters. The van der Waals surface area contributed by atoms with Crippen LogP contribution in [-0.2, 0) is 9.59 Å². The van der Waals surface area contributed by atoms with Gasteiger partial charge >= 0.3 is 0 Å². The molecule has 0 saturated carbocycles. The van der Waals surface area contributed by atoms with Gasteiger partial charge in [-0.2, -0.15) is 0 Å². The third-order valence-electron chi connectivity index (χ3n) is 1.83. The SMILES string of the molecule is O=C1NNC2C(=O)NCNC12. The Morgan fingerprint density at radius 3 is 2.73 bits per heavy atom. The first-order valence-electron chi connectivity index (χ1n) is 3.35. The van der Waals surface area contributed by atoms with Crippen molar-refractivity contribution < 1.29 is 9.59 Å². The Labute approximate surface area is 62.7 Å². The number of hydrogen-bond donors (Lipinski definition) is 4. The lowest BCUT2D eigenvalue weighted by Crippen LogP contribution is -2.60. The lowest BCUT2D eigenvalue weighted by molar-refractivity contribution is -0.128. The van der Waals surface area contributed by atoms with Crippen LogP contribution < -0.4 is 21.5 Å². The number of amides is 2. The van der Waals surface area contributed by atoms with Crippen LogP contribution in [0.15, 0.2) is 0 Å². The van der Waals surface area contributed by atoms with Crippen LogP contribution in [0.5, 0.6) is 0 Å². The second-order valence-corrected chi connectivity index (χ2v) is 2.51. The monoisotopic (exact) mass is 156 g/mol. The van der Waals surface area contributed by atoms with Crippen LogP contribution in [0, 0.1) is 0 Å². The Hall–Kier alpha value is -1.14. The number of fused-ring (bicyclic) bond motifs is 1. The maximum absolute atomic E-state index is 11.0. The minimum absolute atomic E-state index is 0.146. The zero-order valence-electron chi connectivity index (χ0n) is 5.68. The molecule has 0 aromatic heterocycles. The lowest BCUT2D eigenvalue weighted by atomic mass is 10.1. The smallest absolute Gasteiger partial charge is 0.253 e. The molecule has 11 heavy (non-hydrogen) atoms. The number of carbonyl (C=O) groups is 2. The van der Waals surface area contributed by atoms with Crippen molar-refractivity contribution in [3.8, 4) is 0 Å². The molecule has 4 N–H and O–H groups in total. The fourth-order valence-corrected chi connectivity index (χ4v) is 1.25. The summed E-state index contributed by atoms with van der Waals surface area (Å²) in [6.45, 7) is 0.356. The third kappa shape index (κ3) is 0.873. The molecule has 0 radical (unpaired) electrons. The van der Waals surface area contributed by atoms with Gasteiger partial charge in [-0.05, 0) is 0 Å². The second kappa shape index (κ2) is 2.18. The summed E-state index contributed by atoms with van der Waals surface area (Å²) in [4.78, 5) is 22.0. The van der Waals surface area contributed by atoms with Crippen molar-refractivity contribution in [1.82, 2.24) is 21.5 Å². The quantitative estimate of drug-likeness (QED) is 0.302. The molecule has 6 nitrogen and oxygen atoms in total. The molecule has 2 aliphatic heterocycles. The van der Waals surface area contributed by atoms with Gasteiger partial charge in [0.25, 0.3) is 5.91 Å². The minimum atomic E-state index is -0.462. The predicted octanol–water partition coefficient (Wildman–Crippen LogP) is -2.97. The fraction of sp³-hybridized carbons (Fsp3) is 0.600. The normalized spacial score (nSPS) is 36.0. The summed E-state index contributed by atoms with van der Waals surface area (Å²) < 4.78 is 0. The highest BCUT2D eigenvalue weighted by Crippen LogP contribution is 2.02. The number of carbonyl (C=O) groups excluding carboxylic acids is 2. The summed E-state index contributed by atoms with van der Waals surface area (Å²) in [6, 6.07) is -0.875. The van der Waals surface area contributed by atoms with E-state index in [4.69, 9.17) is 0 Å². The zero-order valence-corrected chi connectivity index (χ0v) is 5.68. The van der Waals surface area contributed by atoms with Crippen LogP contribution in [0.25, 0.3) is 0 Å². The van der Waals surface area contributed by atoms with E-state index in [1.165, 1.54) is 0 Å². The molecular weight excluding hydrogens is 148 g/mol. The first-order chi connectivity index (χ1) is 5.29. The van der Waals surface area contributed by atoms with Gasteiger partial charge in [-0.25, -0.2) is 5.43 Å². The van der Waals surface area contributed by atoms with E-state index in [0.717, 1.165) is 0 Å². The molecule has 2 unspecified atom stereocenters. The minimum Gasteiger partial charge on any atom is -0.342 e. The van der Waals surface area contributed by atoms with E-state index in [1.54, 1.807) is 0 Å². The summed E-state index contributed by atoms with van der Waals surface area (Å²) in [6.07, 6.45) is 0. The van der Waals surface area contributed by atoms with E-state index in [2.05, 4.69) is 21.5 Å². The highest BCUT2D eigenvalue weighted by molar-refractivity contribution is 5.95. The molecule has 6 heteroatoms. The van der Waals surface area contributed by atoms with Crippen molar-refractivity contribution in [3.05, 3.63) is 0 Å². The van der Waals surface area contributed by atoms with E-state index in [-0.39, 0.29) is 11.8 Å². The summed E-state index contributed by atoms with van der Waals surface area (Å²) in [7, 11) is 0. The van der Waals surface area contributed by atoms with Crippen molar-refractivity contribution in [2.75, 3.05) is 6.67 Å². The first kappa shape index (κ1) is 6.56. The van der Waals surface area contributed by atoms with Gasteiger partial charge in [0.15, 0.2) is 0 Å². The highest BCUT2D eigenvalue weighted by Gasteiger charge is 2.41. The largest absolute Gasteiger partial charge is 0.342 e. The summed E-state index contributed by atoms with van der Waals surface area (Å²) in [5.41, 5.74) is 4.96. The van der Waals surface area contributed by atoms with Crippen LogP contribution in [0.4, 0.5) is 0 Å². The van der Waals surface area contributed by atoms with E-state index in [1.807, 2.05) is 0 Å². The Kier molecular flexibility index (Phi) is 1.30. The molecule has 0 aromatic carbocycles. The Bertz CT molecular complexity index is 217. The van der Waals surface area contributed by atoms with Crippen molar-refractivity contribution >= 4 is 11.8 Å². The first-order valence-corrected chi connectivity index (χ1v) is 3.35. The van der Waals surface area contributed by atoms with Gasteiger partial charge in [-0.15, -0.1) is 0 Å². The lowest BCUT2D eigenvalue weighted by Gasteiger charge is -2.23. The number of hydrogen-bond acceptors (Lipinski definition) is 4. The molecule has 2 fully saturated rings. The average Bonchev–Trinajstić information content (AvgIpc) is 2.35. The molecule has 2 amide bonds. The van der Waals surface area contributed by atoms with E-state index in [0.29, 0.717) is 6.67 Å². The van der Waals surface area contributed by atoms with Crippen LogP contribution in [0.1, 0.15) is 0 Å². The molecule has 2 rings (SSSR count). The van der Waals surface area contributed by atoms with Crippen molar-refractivity contribution in [1.29, 1.82) is 0 Å². The standard InChI is InChI=1S/C5H8N4O2/c10-4-3-2(6-1-7-4)5(11)9-8-3/h2-3,6,8H,1H2,(H,7,10)(H,9,11). The molecule has 60 valence electrons. The molecule has 2 saturated heterocycles. The average molecular weight is 156 g/mol. The topological polar surface area (TPSA) is 82.3 Å². The van der Waals surface area contributed by atoms with Gasteiger partial charge in [0.2, 0.25) is 5.91 Å². The number of nitrogens with one attached hydrogen (secondary N) is 4. The van der Waals surface area contributed by atoms with Crippen LogP contribution in [0.3, 0.4) is 0 Å². The maximum atomic E-state index is 11.0. The van der Waals surface area contributed by atoms with E-state index < -0.39 is 12.1 Å². The number of hydrazine groups is 1. The fourth-order valence-electron chi connectivity index (χ4n) is 1.25. The molecule has 0 aromatic rings.